The van der Waals surface area contributed by atoms with Crippen molar-refractivity contribution < 1.29 is 9.59 Å². The number of carbonyl (C=O) groups is 2. The van der Waals surface area contributed by atoms with Gasteiger partial charge in [-0.1, -0.05) is 36.4 Å². The molecule has 0 bridgehead atoms. The lowest BCUT2D eigenvalue weighted by atomic mass is 9.94. The van der Waals surface area contributed by atoms with E-state index >= 15 is 0 Å². The first-order valence-corrected chi connectivity index (χ1v) is 10.3. The molecule has 1 saturated heterocycles. The summed E-state index contributed by atoms with van der Waals surface area (Å²) in [7, 11) is 0. The van der Waals surface area contributed by atoms with E-state index in [1.807, 2.05) is 40.6 Å². The van der Waals surface area contributed by atoms with Gasteiger partial charge in [-0.05, 0) is 48.6 Å². The molecule has 5 heteroatoms. The van der Waals surface area contributed by atoms with Gasteiger partial charge >= 0.3 is 0 Å². The van der Waals surface area contributed by atoms with Crippen molar-refractivity contribution in [2.75, 3.05) is 13.1 Å². The molecule has 1 atom stereocenters. The molecule has 1 saturated carbocycles. The van der Waals surface area contributed by atoms with E-state index < -0.39 is 0 Å². The highest BCUT2D eigenvalue weighted by atomic mass is 32.1. The van der Waals surface area contributed by atoms with E-state index in [1.165, 1.54) is 29.7 Å². The van der Waals surface area contributed by atoms with Crippen molar-refractivity contribution in [3.63, 3.8) is 0 Å². The van der Waals surface area contributed by atoms with Gasteiger partial charge in [-0.15, -0.1) is 11.3 Å². The van der Waals surface area contributed by atoms with E-state index in [0.29, 0.717) is 19.0 Å². The number of rotatable bonds is 5. The summed E-state index contributed by atoms with van der Waals surface area (Å²) in [5.41, 5.74) is 1.20. The standard InChI is InChI=1S/C21H24N2O2S/c24-20(22-19(16-8-9-16)15-5-2-1-3-6-15)17-10-12-23(13-11-17)21(25)18-7-4-14-26-18/h1-7,14,16-17,19H,8-13H2,(H,22,24). The highest BCUT2D eigenvalue weighted by molar-refractivity contribution is 7.12. The van der Waals surface area contributed by atoms with Gasteiger partial charge in [-0.3, -0.25) is 9.59 Å². The summed E-state index contributed by atoms with van der Waals surface area (Å²) in [6, 6.07) is 14.2. The largest absolute Gasteiger partial charge is 0.349 e. The third kappa shape index (κ3) is 3.83. The lowest BCUT2D eigenvalue weighted by Gasteiger charge is -2.32. The number of hydrogen-bond acceptors (Lipinski definition) is 3. The number of nitrogens with one attached hydrogen (secondary N) is 1. The zero-order valence-electron chi connectivity index (χ0n) is 14.8. The van der Waals surface area contributed by atoms with Crippen LogP contribution in [0.3, 0.4) is 0 Å². The molecule has 2 amide bonds. The molecule has 4 rings (SSSR count). The summed E-state index contributed by atoms with van der Waals surface area (Å²) in [4.78, 5) is 27.9. The fourth-order valence-electron chi connectivity index (χ4n) is 3.74. The molecule has 0 spiro atoms. The van der Waals surface area contributed by atoms with E-state index in [9.17, 15) is 9.59 Å². The quantitative estimate of drug-likeness (QED) is 0.871. The Morgan fingerprint density at radius 2 is 1.73 bits per heavy atom. The summed E-state index contributed by atoms with van der Waals surface area (Å²) in [5, 5.41) is 5.22. The molecule has 2 heterocycles. The van der Waals surface area contributed by atoms with Gasteiger partial charge in [0.15, 0.2) is 0 Å². The number of nitrogens with zero attached hydrogens (tertiary/aromatic N) is 1. The number of benzene rings is 1. The second-order valence-corrected chi connectivity index (χ2v) is 8.23. The Labute approximate surface area is 158 Å². The van der Waals surface area contributed by atoms with Crippen LogP contribution < -0.4 is 5.32 Å². The Hall–Kier alpha value is -2.14. The lowest BCUT2D eigenvalue weighted by molar-refractivity contribution is -0.127. The number of piperidine rings is 1. The Kier molecular flexibility index (Phi) is 5.07. The van der Waals surface area contributed by atoms with Crippen molar-refractivity contribution in [2.45, 2.75) is 31.7 Å². The number of carbonyl (C=O) groups excluding carboxylic acids is 2. The first-order chi connectivity index (χ1) is 12.7. The Bertz CT molecular complexity index is 748. The average Bonchev–Trinajstić information content (AvgIpc) is 3.39. The molecule has 1 aliphatic carbocycles. The molecule has 26 heavy (non-hydrogen) atoms. The smallest absolute Gasteiger partial charge is 0.263 e. The zero-order chi connectivity index (χ0) is 17.9. The normalized spacial score (nSPS) is 19.2. The summed E-state index contributed by atoms with van der Waals surface area (Å²) >= 11 is 1.48. The van der Waals surface area contributed by atoms with Crippen LogP contribution in [-0.4, -0.2) is 29.8 Å². The van der Waals surface area contributed by atoms with E-state index in [-0.39, 0.29) is 23.8 Å². The van der Waals surface area contributed by atoms with Crippen molar-refractivity contribution in [3.05, 3.63) is 58.3 Å². The van der Waals surface area contributed by atoms with E-state index in [0.717, 1.165) is 17.7 Å². The van der Waals surface area contributed by atoms with Crippen LogP contribution in [0.25, 0.3) is 0 Å². The van der Waals surface area contributed by atoms with E-state index in [1.54, 1.807) is 0 Å². The molecule has 136 valence electrons. The lowest BCUT2D eigenvalue weighted by Crippen LogP contribution is -2.43. The second kappa shape index (κ2) is 7.62. The summed E-state index contributed by atoms with van der Waals surface area (Å²) in [6.07, 6.45) is 3.87. The van der Waals surface area contributed by atoms with Gasteiger partial charge in [0.05, 0.1) is 10.9 Å². The van der Waals surface area contributed by atoms with Gasteiger partial charge in [0.25, 0.3) is 5.91 Å². The molecule has 4 nitrogen and oxygen atoms in total. The molecule has 0 radical (unpaired) electrons. The molecule has 1 aromatic heterocycles. The molecule has 2 fully saturated rings. The Balaban J connectivity index is 1.34. The van der Waals surface area contributed by atoms with Crippen LogP contribution in [0.1, 0.15) is 47.0 Å². The molecule has 1 aliphatic heterocycles. The van der Waals surface area contributed by atoms with Gasteiger partial charge in [0, 0.05) is 19.0 Å². The van der Waals surface area contributed by atoms with Crippen LogP contribution in [-0.2, 0) is 4.79 Å². The van der Waals surface area contributed by atoms with Gasteiger partial charge in [-0.2, -0.15) is 0 Å². The minimum atomic E-state index is 0.00680. The number of amides is 2. The molecule has 1 unspecified atom stereocenters. The van der Waals surface area contributed by atoms with E-state index in [2.05, 4.69) is 17.4 Å². The van der Waals surface area contributed by atoms with Crippen LogP contribution in [0.2, 0.25) is 0 Å². The highest BCUT2D eigenvalue weighted by Gasteiger charge is 2.35. The van der Waals surface area contributed by atoms with Crippen molar-refractivity contribution >= 4 is 23.2 Å². The minimum Gasteiger partial charge on any atom is -0.349 e. The van der Waals surface area contributed by atoms with Crippen molar-refractivity contribution in [2.24, 2.45) is 11.8 Å². The van der Waals surface area contributed by atoms with Crippen molar-refractivity contribution in [1.82, 2.24) is 10.2 Å². The van der Waals surface area contributed by atoms with E-state index in [4.69, 9.17) is 0 Å². The first kappa shape index (κ1) is 17.3. The average molecular weight is 369 g/mol. The van der Waals surface area contributed by atoms with Gasteiger partial charge in [0.1, 0.15) is 0 Å². The molecule has 1 aromatic carbocycles. The van der Waals surface area contributed by atoms with Gasteiger partial charge in [-0.25, -0.2) is 0 Å². The molecular formula is C21H24N2O2S. The highest BCUT2D eigenvalue weighted by Crippen LogP contribution is 2.41. The third-order valence-electron chi connectivity index (χ3n) is 5.43. The SMILES string of the molecule is O=C(NC(c1ccccc1)C1CC1)C1CCN(C(=O)c2cccs2)CC1. The van der Waals surface area contributed by atoms with Crippen molar-refractivity contribution in [1.29, 1.82) is 0 Å². The topological polar surface area (TPSA) is 49.4 Å². The number of thiophene rings is 1. The molecular weight excluding hydrogens is 344 g/mol. The Morgan fingerprint density at radius 1 is 1.00 bits per heavy atom. The first-order valence-electron chi connectivity index (χ1n) is 9.40. The fraction of sp³-hybridized carbons (Fsp3) is 0.429. The van der Waals surface area contributed by atoms with Crippen LogP contribution in [0.4, 0.5) is 0 Å². The predicted octanol–water partition coefficient (Wildman–Crippen LogP) is 3.87. The molecule has 2 aliphatic rings. The molecule has 1 N–H and O–H groups in total. The maximum Gasteiger partial charge on any atom is 0.263 e. The summed E-state index contributed by atoms with van der Waals surface area (Å²) in [6.45, 7) is 1.32. The monoisotopic (exact) mass is 368 g/mol. The number of hydrogen-bond donors (Lipinski definition) is 1. The second-order valence-electron chi connectivity index (χ2n) is 7.28. The third-order valence-corrected chi connectivity index (χ3v) is 6.29. The van der Waals surface area contributed by atoms with Gasteiger partial charge < -0.3 is 10.2 Å². The van der Waals surface area contributed by atoms with Crippen LogP contribution in [0.15, 0.2) is 47.8 Å². The van der Waals surface area contributed by atoms with Crippen LogP contribution in [0, 0.1) is 11.8 Å². The predicted molar refractivity (Wildman–Crippen MR) is 103 cm³/mol. The van der Waals surface area contributed by atoms with Crippen molar-refractivity contribution in [3.8, 4) is 0 Å². The fourth-order valence-corrected chi connectivity index (χ4v) is 4.43. The summed E-state index contributed by atoms with van der Waals surface area (Å²) < 4.78 is 0. The van der Waals surface area contributed by atoms with Gasteiger partial charge in [0.2, 0.25) is 5.91 Å². The Morgan fingerprint density at radius 3 is 2.35 bits per heavy atom. The maximum atomic E-state index is 12.8. The maximum absolute atomic E-state index is 12.8. The molecule has 2 aromatic rings. The van der Waals surface area contributed by atoms with Crippen LogP contribution >= 0.6 is 11.3 Å². The summed E-state index contributed by atoms with van der Waals surface area (Å²) in [5.74, 6) is 0.821. The van der Waals surface area contributed by atoms with Crippen LogP contribution in [0.5, 0.6) is 0 Å². The number of likely N-dealkylation sites (tertiary alicyclic amines) is 1. The minimum absolute atomic E-state index is 0.00680. The zero-order valence-corrected chi connectivity index (χ0v) is 15.6.